The zero-order chi connectivity index (χ0) is 22.1. The molecule has 3 aromatic rings. The maximum Gasteiger partial charge on any atom is 0.338 e. The van der Waals surface area contributed by atoms with E-state index in [1.54, 1.807) is 39.3 Å². The molecule has 0 saturated heterocycles. The van der Waals surface area contributed by atoms with Crippen LogP contribution in [-0.2, 0) is 18.0 Å². The first-order chi connectivity index (χ1) is 15.1. The molecule has 0 radical (unpaired) electrons. The Morgan fingerprint density at radius 1 is 0.710 bits per heavy atom. The Balaban J connectivity index is 1.76. The molecule has 0 fully saturated rings. The van der Waals surface area contributed by atoms with Gasteiger partial charge in [-0.15, -0.1) is 0 Å². The minimum atomic E-state index is -0.404. The first kappa shape index (κ1) is 22.0. The van der Waals surface area contributed by atoms with Gasteiger partial charge in [-0.2, -0.15) is 0 Å². The van der Waals surface area contributed by atoms with Crippen molar-refractivity contribution in [2.75, 3.05) is 20.8 Å². The SMILES string of the molecule is CCOC(=O)c1ccc(OCc2ccc(OC)cc2)c(OCc2ccc(OC)cc2)c1. The molecule has 162 valence electrons. The van der Waals surface area contributed by atoms with Gasteiger partial charge < -0.3 is 23.7 Å². The van der Waals surface area contributed by atoms with Gasteiger partial charge in [0, 0.05) is 0 Å². The zero-order valence-corrected chi connectivity index (χ0v) is 17.9. The second-order valence-corrected chi connectivity index (χ2v) is 6.66. The van der Waals surface area contributed by atoms with Crippen LogP contribution in [0.2, 0.25) is 0 Å². The highest BCUT2D eigenvalue weighted by Crippen LogP contribution is 2.31. The van der Waals surface area contributed by atoms with E-state index < -0.39 is 5.97 Å². The summed E-state index contributed by atoms with van der Waals surface area (Å²) >= 11 is 0. The maximum absolute atomic E-state index is 12.1. The third-order valence-electron chi connectivity index (χ3n) is 4.56. The lowest BCUT2D eigenvalue weighted by molar-refractivity contribution is 0.0525. The lowest BCUT2D eigenvalue weighted by atomic mass is 10.2. The van der Waals surface area contributed by atoms with Crippen LogP contribution in [0.4, 0.5) is 0 Å². The molecule has 6 nitrogen and oxygen atoms in total. The minimum Gasteiger partial charge on any atom is -0.497 e. The Bertz CT molecular complexity index is 980. The number of carbonyl (C=O) groups is 1. The summed E-state index contributed by atoms with van der Waals surface area (Å²) in [7, 11) is 3.25. The van der Waals surface area contributed by atoms with Gasteiger partial charge in [-0.1, -0.05) is 24.3 Å². The van der Waals surface area contributed by atoms with Crippen molar-refractivity contribution < 1.29 is 28.5 Å². The summed E-state index contributed by atoms with van der Waals surface area (Å²) in [4.78, 5) is 12.1. The number of hydrogen-bond acceptors (Lipinski definition) is 6. The van der Waals surface area contributed by atoms with Crippen molar-refractivity contribution in [1.29, 1.82) is 0 Å². The van der Waals surface area contributed by atoms with E-state index in [0.29, 0.717) is 36.9 Å². The Morgan fingerprint density at radius 3 is 1.71 bits per heavy atom. The van der Waals surface area contributed by atoms with E-state index in [-0.39, 0.29) is 0 Å². The van der Waals surface area contributed by atoms with Crippen molar-refractivity contribution in [1.82, 2.24) is 0 Å². The molecule has 0 aliphatic heterocycles. The van der Waals surface area contributed by atoms with Gasteiger partial charge in [0.25, 0.3) is 0 Å². The zero-order valence-electron chi connectivity index (χ0n) is 17.9. The Hall–Kier alpha value is -3.67. The summed E-state index contributed by atoms with van der Waals surface area (Å²) in [6, 6.07) is 20.2. The number of carbonyl (C=O) groups excluding carboxylic acids is 1. The third kappa shape index (κ3) is 6.15. The highest BCUT2D eigenvalue weighted by molar-refractivity contribution is 5.90. The molecular weight excluding hydrogens is 396 g/mol. The Kier molecular flexibility index (Phi) is 7.76. The predicted molar refractivity (Wildman–Crippen MR) is 117 cm³/mol. The second-order valence-electron chi connectivity index (χ2n) is 6.66. The molecule has 0 amide bonds. The van der Waals surface area contributed by atoms with E-state index in [4.69, 9.17) is 23.7 Å². The van der Waals surface area contributed by atoms with Gasteiger partial charge in [0.15, 0.2) is 11.5 Å². The smallest absolute Gasteiger partial charge is 0.338 e. The molecule has 3 rings (SSSR count). The summed E-state index contributed by atoms with van der Waals surface area (Å²) < 4.78 is 27.4. The molecule has 0 aliphatic carbocycles. The highest BCUT2D eigenvalue weighted by atomic mass is 16.5. The number of esters is 1. The molecule has 0 saturated carbocycles. The van der Waals surface area contributed by atoms with Crippen LogP contribution in [0.25, 0.3) is 0 Å². The van der Waals surface area contributed by atoms with Crippen LogP contribution in [0.15, 0.2) is 66.7 Å². The van der Waals surface area contributed by atoms with Crippen LogP contribution in [0.1, 0.15) is 28.4 Å². The quantitative estimate of drug-likeness (QED) is 0.427. The van der Waals surface area contributed by atoms with Crippen LogP contribution in [0.5, 0.6) is 23.0 Å². The highest BCUT2D eigenvalue weighted by Gasteiger charge is 2.13. The molecular formula is C25H26O6. The average molecular weight is 422 g/mol. The summed E-state index contributed by atoms with van der Waals surface area (Å²) in [6.45, 7) is 2.73. The standard InChI is InChI=1S/C25H26O6/c1-4-29-25(26)20-9-14-23(30-16-18-5-10-21(27-2)11-6-18)24(15-20)31-17-19-7-12-22(28-3)13-8-19/h5-15H,4,16-17H2,1-3H3. The molecule has 31 heavy (non-hydrogen) atoms. The van der Waals surface area contributed by atoms with Crippen LogP contribution in [-0.4, -0.2) is 26.8 Å². The molecule has 0 aliphatic rings. The molecule has 0 N–H and O–H groups in total. The topological polar surface area (TPSA) is 63.2 Å². The normalized spacial score (nSPS) is 10.3. The second kappa shape index (κ2) is 10.9. The van der Waals surface area contributed by atoms with Gasteiger partial charge in [-0.3, -0.25) is 0 Å². The van der Waals surface area contributed by atoms with Crippen LogP contribution >= 0.6 is 0 Å². The maximum atomic E-state index is 12.1. The summed E-state index contributed by atoms with van der Waals surface area (Å²) in [5.74, 6) is 2.16. The minimum absolute atomic E-state index is 0.302. The van der Waals surface area contributed by atoms with Crippen molar-refractivity contribution in [3.05, 3.63) is 83.4 Å². The van der Waals surface area contributed by atoms with Gasteiger partial charge in [0.1, 0.15) is 24.7 Å². The fourth-order valence-electron chi connectivity index (χ4n) is 2.85. The Morgan fingerprint density at radius 2 is 1.23 bits per heavy atom. The van der Waals surface area contributed by atoms with E-state index in [2.05, 4.69) is 0 Å². The Labute approximate surface area is 182 Å². The van der Waals surface area contributed by atoms with Crippen LogP contribution in [0.3, 0.4) is 0 Å². The molecule has 0 heterocycles. The van der Waals surface area contributed by atoms with Gasteiger partial charge in [0.05, 0.1) is 26.4 Å². The third-order valence-corrected chi connectivity index (χ3v) is 4.56. The number of benzene rings is 3. The van der Waals surface area contributed by atoms with Crippen molar-refractivity contribution in [2.45, 2.75) is 20.1 Å². The predicted octanol–water partition coefficient (Wildman–Crippen LogP) is 5.04. The molecule has 3 aromatic carbocycles. The summed E-state index contributed by atoms with van der Waals surface area (Å²) in [5, 5.41) is 0. The fraction of sp³-hybridized carbons (Fsp3) is 0.240. The number of methoxy groups -OCH3 is 2. The van der Waals surface area contributed by atoms with E-state index in [1.165, 1.54) is 0 Å². The van der Waals surface area contributed by atoms with E-state index in [0.717, 1.165) is 22.6 Å². The molecule has 0 aromatic heterocycles. The molecule has 0 atom stereocenters. The van der Waals surface area contributed by atoms with Crippen molar-refractivity contribution in [3.8, 4) is 23.0 Å². The van der Waals surface area contributed by atoms with Gasteiger partial charge in [-0.05, 0) is 60.5 Å². The first-order valence-electron chi connectivity index (χ1n) is 9.95. The number of rotatable bonds is 10. The number of hydrogen-bond donors (Lipinski definition) is 0. The van der Waals surface area contributed by atoms with E-state index in [1.807, 2.05) is 48.5 Å². The van der Waals surface area contributed by atoms with Gasteiger partial charge in [0.2, 0.25) is 0 Å². The first-order valence-corrected chi connectivity index (χ1v) is 9.95. The van der Waals surface area contributed by atoms with Gasteiger partial charge >= 0.3 is 5.97 Å². The van der Waals surface area contributed by atoms with Crippen molar-refractivity contribution in [3.63, 3.8) is 0 Å². The van der Waals surface area contributed by atoms with Crippen LogP contribution in [0, 0.1) is 0 Å². The van der Waals surface area contributed by atoms with E-state index in [9.17, 15) is 4.79 Å². The molecule has 6 heteroatoms. The van der Waals surface area contributed by atoms with Crippen molar-refractivity contribution >= 4 is 5.97 Å². The summed E-state index contributed by atoms with van der Waals surface area (Å²) in [5.41, 5.74) is 2.35. The lowest BCUT2D eigenvalue weighted by Crippen LogP contribution is -2.06. The summed E-state index contributed by atoms with van der Waals surface area (Å²) in [6.07, 6.45) is 0. The number of ether oxygens (including phenoxy) is 5. The average Bonchev–Trinajstić information content (AvgIpc) is 2.82. The van der Waals surface area contributed by atoms with Gasteiger partial charge in [-0.25, -0.2) is 4.79 Å². The molecule has 0 spiro atoms. The fourth-order valence-corrected chi connectivity index (χ4v) is 2.85. The molecule has 0 bridgehead atoms. The monoisotopic (exact) mass is 422 g/mol. The van der Waals surface area contributed by atoms with Crippen LogP contribution < -0.4 is 18.9 Å². The largest absolute Gasteiger partial charge is 0.497 e. The van der Waals surface area contributed by atoms with E-state index >= 15 is 0 Å². The van der Waals surface area contributed by atoms with Crippen molar-refractivity contribution in [2.24, 2.45) is 0 Å². The lowest BCUT2D eigenvalue weighted by Gasteiger charge is -2.15. The molecule has 0 unspecified atom stereocenters.